The van der Waals surface area contributed by atoms with Crippen molar-refractivity contribution in [2.75, 3.05) is 13.1 Å². The maximum atomic E-state index is 12.5. The SMILES string of the molecule is CC(C)Oc1ncccc1CNC(=O)[C@@H]1CCCN(C(=O)C2CC2)C1. The molecule has 1 saturated heterocycles. The van der Waals surface area contributed by atoms with Gasteiger partial charge in [-0.25, -0.2) is 4.98 Å². The Morgan fingerprint density at radius 3 is 2.84 bits per heavy atom. The molecule has 1 aliphatic carbocycles. The van der Waals surface area contributed by atoms with Crippen LogP contribution in [0.3, 0.4) is 0 Å². The second-order valence-corrected chi connectivity index (χ2v) is 7.25. The van der Waals surface area contributed by atoms with Crippen molar-refractivity contribution in [2.24, 2.45) is 11.8 Å². The molecule has 1 N–H and O–H groups in total. The van der Waals surface area contributed by atoms with Gasteiger partial charge in [0.2, 0.25) is 17.7 Å². The van der Waals surface area contributed by atoms with Crippen molar-refractivity contribution < 1.29 is 14.3 Å². The summed E-state index contributed by atoms with van der Waals surface area (Å²) >= 11 is 0. The topological polar surface area (TPSA) is 71.5 Å². The predicted molar refractivity (Wildman–Crippen MR) is 93.9 cm³/mol. The van der Waals surface area contributed by atoms with E-state index in [4.69, 9.17) is 4.74 Å². The van der Waals surface area contributed by atoms with Crippen LogP contribution in [0.4, 0.5) is 0 Å². The standard InChI is InChI=1S/C19H27N3O3/c1-13(2)25-18-15(5-3-9-20-18)11-21-17(23)16-6-4-10-22(12-16)19(24)14-7-8-14/h3,5,9,13-14,16H,4,6-8,10-12H2,1-2H3,(H,21,23)/t16-/m1/s1. The Hall–Kier alpha value is -2.11. The number of ether oxygens (including phenoxy) is 1. The Morgan fingerprint density at radius 1 is 1.32 bits per heavy atom. The molecule has 6 nitrogen and oxygen atoms in total. The number of likely N-dealkylation sites (tertiary alicyclic amines) is 1. The van der Waals surface area contributed by atoms with Crippen LogP contribution in [0, 0.1) is 11.8 Å². The summed E-state index contributed by atoms with van der Waals surface area (Å²) < 4.78 is 5.69. The molecule has 6 heteroatoms. The molecule has 25 heavy (non-hydrogen) atoms. The van der Waals surface area contributed by atoms with Gasteiger partial charge in [-0.1, -0.05) is 6.07 Å². The minimum Gasteiger partial charge on any atom is -0.475 e. The highest BCUT2D eigenvalue weighted by atomic mass is 16.5. The summed E-state index contributed by atoms with van der Waals surface area (Å²) in [5, 5.41) is 2.99. The first-order valence-electron chi connectivity index (χ1n) is 9.21. The monoisotopic (exact) mass is 345 g/mol. The van der Waals surface area contributed by atoms with E-state index >= 15 is 0 Å². The van der Waals surface area contributed by atoms with E-state index in [1.165, 1.54) is 0 Å². The molecular formula is C19H27N3O3. The fourth-order valence-electron chi connectivity index (χ4n) is 3.19. The lowest BCUT2D eigenvalue weighted by atomic mass is 9.96. The molecule has 1 aromatic heterocycles. The zero-order valence-corrected chi connectivity index (χ0v) is 15.0. The number of rotatable bonds is 6. The molecule has 2 aliphatic rings. The molecular weight excluding hydrogens is 318 g/mol. The van der Waals surface area contributed by atoms with Gasteiger partial charge in [-0.05, 0) is 45.6 Å². The van der Waals surface area contributed by atoms with Crippen molar-refractivity contribution in [3.63, 3.8) is 0 Å². The Labute approximate surface area is 148 Å². The maximum absolute atomic E-state index is 12.5. The third-order valence-electron chi connectivity index (χ3n) is 4.68. The van der Waals surface area contributed by atoms with Gasteiger partial charge < -0.3 is 15.0 Å². The van der Waals surface area contributed by atoms with Crippen LogP contribution in [-0.2, 0) is 16.1 Å². The number of hydrogen-bond acceptors (Lipinski definition) is 4. The van der Waals surface area contributed by atoms with Gasteiger partial charge in [-0.2, -0.15) is 0 Å². The zero-order valence-electron chi connectivity index (χ0n) is 15.0. The molecule has 1 aromatic rings. The highest BCUT2D eigenvalue weighted by Crippen LogP contribution is 2.32. The molecule has 0 radical (unpaired) electrons. The van der Waals surface area contributed by atoms with Gasteiger partial charge in [0.1, 0.15) is 0 Å². The van der Waals surface area contributed by atoms with Gasteiger partial charge in [0.05, 0.1) is 12.0 Å². The summed E-state index contributed by atoms with van der Waals surface area (Å²) in [5.41, 5.74) is 0.867. The Morgan fingerprint density at radius 2 is 2.12 bits per heavy atom. The molecule has 2 amide bonds. The average molecular weight is 345 g/mol. The number of aromatic nitrogens is 1. The van der Waals surface area contributed by atoms with E-state index in [1.54, 1.807) is 6.20 Å². The van der Waals surface area contributed by atoms with Gasteiger partial charge in [-0.15, -0.1) is 0 Å². The number of piperidine rings is 1. The summed E-state index contributed by atoms with van der Waals surface area (Å²) in [4.78, 5) is 30.9. The molecule has 136 valence electrons. The van der Waals surface area contributed by atoms with Gasteiger partial charge in [0, 0.05) is 37.3 Å². The quantitative estimate of drug-likeness (QED) is 0.857. The summed E-state index contributed by atoms with van der Waals surface area (Å²) in [5.74, 6) is 0.896. The van der Waals surface area contributed by atoms with Gasteiger partial charge in [-0.3, -0.25) is 9.59 Å². The minimum absolute atomic E-state index is 0.00708. The zero-order chi connectivity index (χ0) is 17.8. The highest BCUT2D eigenvalue weighted by molar-refractivity contribution is 5.83. The first-order chi connectivity index (χ1) is 12.0. The van der Waals surface area contributed by atoms with Crippen molar-refractivity contribution in [3.8, 4) is 5.88 Å². The van der Waals surface area contributed by atoms with E-state index in [0.717, 1.165) is 37.8 Å². The second-order valence-electron chi connectivity index (χ2n) is 7.25. The second kappa shape index (κ2) is 7.85. The van der Waals surface area contributed by atoms with Gasteiger partial charge in [0.15, 0.2) is 0 Å². The first-order valence-corrected chi connectivity index (χ1v) is 9.21. The molecule has 1 atom stereocenters. The largest absolute Gasteiger partial charge is 0.475 e. The minimum atomic E-state index is -0.123. The average Bonchev–Trinajstić information content (AvgIpc) is 3.45. The Balaban J connectivity index is 1.54. The van der Waals surface area contributed by atoms with Crippen LogP contribution in [0.5, 0.6) is 5.88 Å². The smallest absolute Gasteiger partial charge is 0.225 e. The number of pyridine rings is 1. The van der Waals surface area contributed by atoms with E-state index in [9.17, 15) is 9.59 Å². The molecule has 2 fully saturated rings. The number of carbonyl (C=O) groups excluding carboxylic acids is 2. The molecule has 0 aromatic carbocycles. The summed E-state index contributed by atoms with van der Waals surface area (Å²) in [6.45, 7) is 5.62. The van der Waals surface area contributed by atoms with Crippen molar-refractivity contribution >= 4 is 11.8 Å². The first kappa shape index (κ1) is 17.7. The third-order valence-corrected chi connectivity index (χ3v) is 4.68. The van der Waals surface area contributed by atoms with Gasteiger partial charge in [0.25, 0.3) is 0 Å². The van der Waals surface area contributed by atoms with Crippen LogP contribution in [0.1, 0.15) is 45.1 Å². The van der Waals surface area contributed by atoms with E-state index in [0.29, 0.717) is 19.0 Å². The number of nitrogens with one attached hydrogen (secondary N) is 1. The molecule has 2 heterocycles. The van der Waals surface area contributed by atoms with Crippen molar-refractivity contribution in [1.82, 2.24) is 15.2 Å². The maximum Gasteiger partial charge on any atom is 0.225 e. The molecule has 0 unspecified atom stereocenters. The van der Waals surface area contributed by atoms with Crippen LogP contribution in [0.25, 0.3) is 0 Å². The van der Waals surface area contributed by atoms with Crippen LogP contribution in [0.2, 0.25) is 0 Å². The highest BCUT2D eigenvalue weighted by Gasteiger charge is 2.36. The van der Waals surface area contributed by atoms with Crippen molar-refractivity contribution in [1.29, 1.82) is 0 Å². The van der Waals surface area contributed by atoms with Crippen molar-refractivity contribution in [3.05, 3.63) is 23.9 Å². The molecule has 1 aliphatic heterocycles. The molecule has 0 bridgehead atoms. The van der Waals surface area contributed by atoms with E-state index in [2.05, 4.69) is 10.3 Å². The van der Waals surface area contributed by atoms with Gasteiger partial charge >= 0.3 is 0 Å². The Bertz CT molecular complexity index is 628. The summed E-state index contributed by atoms with van der Waals surface area (Å²) in [6.07, 6.45) is 5.46. The fraction of sp³-hybridized carbons (Fsp3) is 0.632. The third kappa shape index (κ3) is 4.71. The number of hydrogen-bond donors (Lipinski definition) is 1. The number of amides is 2. The summed E-state index contributed by atoms with van der Waals surface area (Å²) in [7, 11) is 0. The van der Waals surface area contributed by atoms with Crippen LogP contribution >= 0.6 is 0 Å². The number of nitrogens with zero attached hydrogens (tertiary/aromatic N) is 2. The van der Waals surface area contributed by atoms with E-state index in [1.807, 2.05) is 30.9 Å². The number of carbonyl (C=O) groups is 2. The fourth-order valence-corrected chi connectivity index (χ4v) is 3.19. The Kier molecular flexibility index (Phi) is 5.56. The molecule has 0 spiro atoms. The lowest BCUT2D eigenvalue weighted by molar-refractivity contribution is -0.136. The van der Waals surface area contributed by atoms with E-state index in [-0.39, 0.29) is 29.8 Å². The van der Waals surface area contributed by atoms with Crippen molar-refractivity contribution in [2.45, 2.75) is 52.2 Å². The normalized spacial score (nSPS) is 20.4. The molecule has 1 saturated carbocycles. The molecule has 3 rings (SSSR count). The lowest BCUT2D eigenvalue weighted by Crippen LogP contribution is -2.45. The van der Waals surface area contributed by atoms with Crippen LogP contribution < -0.4 is 10.1 Å². The van der Waals surface area contributed by atoms with Crippen LogP contribution in [0.15, 0.2) is 18.3 Å². The predicted octanol–water partition coefficient (Wildman–Crippen LogP) is 2.13. The van der Waals surface area contributed by atoms with E-state index < -0.39 is 0 Å². The lowest BCUT2D eigenvalue weighted by Gasteiger charge is -2.32. The summed E-state index contributed by atoms with van der Waals surface area (Å²) in [6, 6.07) is 3.75. The van der Waals surface area contributed by atoms with Crippen LogP contribution in [-0.4, -0.2) is 40.9 Å².